The summed E-state index contributed by atoms with van der Waals surface area (Å²) >= 11 is 9.65. The van der Waals surface area contributed by atoms with Gasteiger partial charge in [0.2, 0.25) is 5.76 Å². The molecule has 33 heavy (non-hydrogen) atoms. The largest absolute Gasteiger partial charge is 0.490 e. The van der Waals surface area contributed by atoms with Crippen molar-refractivity contribution in [1.29, 1.82) is 0 Å². The molecule has 1 atom stereocenters. The first-order valence-corrected chi connectivity index (χ1v) is 11.3. The minimum Gasteiger partial charge on any atom is -0.490 e. The van der Waals surface area contributed by atoms with Gasteiger partial charge in [0.1, 0.15) is 17.9 Å². The summed E-state index contributed by atoms with van der Waals surface area (Å²) in [4.78, 5) is 28.8. The van der Waals surface area contributed by atoms with Gasteiger partial charge in [0.25, 0.3) is 5.91 Å². The smallest absolute Gasteiger partial charge is 0.295 e. The molecular weight excluding hydrogens is 506 g/mol. The van der Waals surface area contributed by atoms with Gasteiger partial charge in [0.05, 0.1) is 17.0 Å². The molecule has 0 fully saturated rings. The van der Waals surface area contributed by atoms with Crippen LogP contribution in [0.2, 0.25) is 5.02 Å². The van der Waals surface area contributed by atoms with E-state index in [4.69, 9.17) is 20.8 Å². The second kappa shape index (κ2) is 8.54. The molecule has 0 spiro atoms. The van der Waals surface area contributed by atoms with E-state index in [2.05, 4.69) is 22.5 Å². The summed E-state index contributed by atoms with van der Waals surface area (Å²) in [7, 11) is 0. The first-order chi connectivity index (χ1) is 16.0. The predicted octanol–water partition coefficient (Wildman–Crippen LogP) is 6.52. The van der Waals surface area contributed by atoms with Gasteiger partial charge in [-0.25, -0.2) is 0 Å². The van der Waals surface area contributed by atoms with Crippen LogP contribution in [0.1, 0.15) is 27.7 Å². The number of carbonyl (C=O) groups is 1. The molecule has 1 aliphatic heterocycles. The third-order valence-corrected chi connectivity index (χ3v) is 6.19. The zero-order chi connectivity index (χ0) is 23.1. The van der Waals surface area contributed by atoms with Gasteiger partial charge in [-0.15, -0.1) is 0 Å². The van der Waals surface area contributed by atoms with Crippen molar-refractivity contribution in [1.82, 2.24) is 0 Å². The van der Waals surface area contributed by atoms with Gasteiger partial charge in [-0.05, 0) is 54.1 Å². The Morgan fingerprint density at radius 2 is 1.91 bits per heavy atom. The van der Waals surface area contributed by atoms with Crippen LogP contribution in [0.3, 0.4) is 0 Å². The van der Waals surface area contributed by atoms with E-state index in [9.17, 15) is 9.59 Å². The topological polar surface area (TPSA) is 59.8 Å². The normalized spacial score (nSPS) is 15.0. The van der Waals surface area contributed by atoms with Crippen LogP contribution in [0.15, 0.2) is 93.1 Å². The fourth-order valence-electron chi connectivity index (χ4n) is 4.08. The van der Waals surface area contributed by atoms with Gasteiger partial charge in [0.15, 0.2) is 5.43 Å². The third kappa shape index (κ3) is 3.75. The quantitative estimate of drug-likeness (QED) is 0.280. The zero-order valence-electron chi connectivity index (χ0n) is 17.3. The van der Waals surface area contributed by atoms with Gasteiger partial charge >= 0.3 is 0 Å². The minimum atomic E-state index is -0.710. The SMILES string of the molecule is C=CCOc1cccc(C2c3c(oc4ccc(Br)cc4c3=O)C(=O)N2c2cccc(Cl)c2)c1. The molecule has 1 unspecified atom stereocenters. The van der Waals surface area contributed by atoms with Crippen LogP contribution in [0.4, 0.5) is 5.69 Å². The number of fused-ring (bicyclic) bond motifs is 2. The number of hydrogen-bond donors (Lipinski definition) is 0. The number of benzene rings is 3. The summed E-state index contributed by atoms with van der Waals surface area (Å²) in [5.74, 6) is 0.223. The van der Waals surface area contributed by atoms with Crippen LogP contribution < -0.4 is 15.1 Å². The Hall–Kier alpha value is -3.35. The average Bonchev–Trinajstić information content (AvgIpc) is 3.11. The fraction of sp³-hybridized carbons (Fsp3) is 0.0769. The Bertz CT molecular complexity index is 1480. The van der Waals surface area contributed by atoms with Crippen LogP contribution in [0.5, 0.6) is 5.75 Å². The molecule has 0 saturated carbocycles. The van der Waals surface area contributed by atoms with Gasteiger partial charge in [-0.1, -0.05) is 58.4 Å². The van der Waals surface area contributed by atoms with Crippen molar-refractivity contribution in [2.24, 2.45) is 0 Å². The molecule has 5 nitrogen and oxygen atoms in total. The highest BCUT2D eigenvalue weighted by atomic mass is 79.9. The van der Waals surface area contributed by atoms with E-state index in [1.165, 1.54) is 0 Å². The molecule has 2 heterocycles. The molecule has 0 radical (unpaired) electrons. The third-order valence-electron chi connectivity index (χ3n) is 5.46. The van der Waals surface area contributed by atoms with Crippen molar-refractivity contribution >= 4 is 50.1 Å². The molecule has 0 bridgehead atoms. The van der Waals surface area contributed by atoms with E-state index in [-0.39, 0.29) is 16.8 Å². The van der Waals surface area contributed by atoms with E-state index < -0.39 is 11.9 Å². The molecule has 5 rings (SSSR count). The Labute approximate surface area is 203 Å². The molecule has 0 aliphatic carbocycles. The van der Waals surface area contributed by atoms with E-state index in [1.54, 1.807) is 53.4 Å². The zero-order valence-corrected chi connectivity index (χ0v) is 19.6. The van der Waals surface area contributed by atoms with Crippen molar-refractivity contribution < 1.29 is 13.9 Å². The van der Waals surface area contributed by atoms with Gasteiger partial charge in [-0.3, -0.25) is 14.5 Å². The lowest BCUT2D eigenvalue weighted by atomic mass is 9.98. The lowest BCUT2D eigenvalue weighted by Gasteiger charge is -2.25. The maximum absolute atomic E-state index is 13.7. The fourth-order valence-corrected chi connectivity index (χ4v) is 4.63. The monoisotopic (exact) mass is 521 g/mol. The van der Waals surface area contributed by atoms with Crippen molar-refractivity contribution in [2.45, 2.75) is 6.04 Å². The highest BCUT2D eigenvalue weighted by Gasteiger charge is 2.43. The van der Waals surface area contributed by atoms with Crippen LogP contribution >= 0.6 is 27.5 Å². The van der Waals surface area contributed by atoms with Crippen molar-refractivity contribution in [2.75, 3.05) is 11.5 Å². The highest BCUT2D eigenvalue weighted by molar-refractivity contribution is 9.10. The van der Waals surface area contributed by atoms with E-state index in [1.807, 2.05) is 24.3 Å². The number of hydrogen-bond acceptors (Lipinski definition) is 4. The number of ether oxygens (including phenoxy) is 1. The van der Waals surface area contributed by atoms with Gasteiger partial charge < -0.3 is 9.15 Å². The Kier molecular flexibility index (Phi) is 5.56. The Morgan fingerprint density at radius 1 is 1.09 bits per heavy atom. The molecule has 4 aromatic rings. The molecular formula is C26H17BrClNO4. The number of nitrogens with zero attached hydrogens (tertiary/aromatic N) is 1. The summed E-state index contributed by atoms with van der Waals surface area (Å²) in [5, 5.41) is 0.874. The average molecular weight is 523 g/mol. The first kappa shape index (κ1) is 21.5. The molecule has 1 aliphatic rings. The van der Waals surface area contributed by atoms with Crippen LogP contribution in [-0.2, 0) is 0 Å². The van der Waals surface area contributed by atoms with Gasteiger partial charge in [0, 0.05) is 15.2 Å². The molecule has 7 heteroatoms. The number of rotatable bonds is 5. The minimum absolute atomic E-state index is 0.0252. The molecule has 3 aromatic carbocycles. The number of halogens is 2. The van der Waals surface area contributed by atoms with Crippen LogP contribution in [0.25, 0.3) is 11.0 Å². The Balaban J connectivity index is 1.78. The summed E-state index contributed by atoms with van der Waals surface area (Å²) in [6, 6.07) is 18.7. The first-order valence-electron chi connectivity index (χ1n) is 10.2. The van der Waals surface area contributed by atoms with Crippen LogP contribution in [0, 0.1) is 0 Å². The molecule has 1 amide bonds. The number of carbonyl (C=O) groups excluding carboxylic acids is 1. The van der Waals surface area contributed by atoms with Crippen molar-refractivity contribution in [3.63, 3.8) is 0 Å². The lowest BCUT2D eigenvalue weighted by molar-refractivity contribution is 0.0971. The maximum Gasteiger partial charge on any atom is 0.295 e. The number of anilines is 1. The molecule has 0 N–H and O–H groups in total. The van der Waals surface area contributed by atoms with E-state index in [0.717, 1.165) is 4.47 Å². The second-order valence-electron chi connectivity index (χ2n) is 7.54. The maximum atomic E-state index is 13.7. The Morgan fingerprint density at radius 3 is 2.70 bits per heavy atom. The second-order valence-corrected chi connectivity index (χ2v) is 8.90. The highest BCUT2D eigenvalue weighted by Crippen LogP contribution is 2.42. The molecule has 164 valence electrons. The summed E-state index contributed by atoms with van der Waals surface area (Å²) in [6.07, 6.45) is 1.65. The standard InChI is InChI=1S/C26H17BrClNO4/c1-2-11-32-19-8-3-5-15(12-19)23-22-24(30)20-13-16(27)9-10-21(20)33-25(22)26(31)29(23)18-7-4-6-17(28)14-18/h2-10,12-14,23H,1,11H2. The molecule has 1 aromatic heterocycles. The van der Waals surface area contributed by atoms with Crippen molar-refractivity contribution in [3.8, 4) is 5.75 Å². The predicted molar refractivity (Wildman–Crippen MR) is 132 cm³/mol. The van der Waals surface area contributed by atoms with E-state index in [0.29, 0.717) is 39.6 Å². The molecule has 0 saturated heterocycles. The summed E-state index contributed by atoms with van der Waals surface area (Å²) in [5.41, 5.74) is 1.65. The van der Waals surface area contributed by atoms with Crippen molar-refractivity contribution in [3.05, 3.63) is 116 Å². The summed E-state index contributed by atoms with van der Waals surface area (Å²) < 4.78 is 12.4. The number of amides is 1. The van der Waals surface area contributed by atoms with E-state index >= 15 is 0 Å². The lowest BCUT2D eigenvalue weighted by Crippen LogP contribution is -2.29. The van der Waals surface area contributed by atoms with Gasteiger partial charge in [-0.2, -0.15) is 0 Å². The van der Waals surface area contributed by atoms with Crippen LogP contribution in [-0.4, -0.2) is 12.5 Å². The summed E-state index contributed by atoms with van der Waals surface area (Å²) in [6.45, 7) is 4.01.